The molecule has 18 heavy (non-hydrogen) atoms. The fraction of sp³-hybridized carbons (Fsp3) is 0.417. The van der Waals surface area contributed by atoms with Crippen LogP contribution in [-0.4, -0.2) is 19.0 Å². The number of amides is 1. The smallest absolute Gasteiger partial charge is 0.233 e. The Balaban J connectivity index is 2.44. The van der Waals surface area contributed by atoms with Gasteiger partial charge in [-0.15, -0.1) is 0 Å². The third kappa shape index (κ3) is 4.37. The first-order valence-corrected chi connectivity index (χ1v) is 5.65. The molecule has 0 saturated carbocycles. The Morgan fingerprint density at radius 3 is 2.50 bits per heavy atom. The lowest BCUT2D eigenvalue weighted by Crippen LogP contribution is -2.34. The van der Waals surface area contributed by atoms with Crippen LogP contribution in [0.3, 0.4) is 0 Å². The standard InChI is InChI=1S/C12H15F3N2O/c1-2-3-17-12(18)7-16-6-8-4-10(14)11(15)5-9(8)13/h4-5,16H,2-3,6-7H2,1H3,(H,17,18). The Kier molecular flexibility index (Phi) is 5.64. The molecule has 0 unspecified atom stereocenters. The molecule has 0 fully saturated rings. The van der Waals surface area contributed by atoms with Crippen molar-refractivity contribution in [2.75, 3.05) is 13.1 Å². The number of hydrogen-bond donors (Lipinski definition) is 2. The van der Waals surface area contributed by atoms with Crippen LogP contribution in [0.25, 0.3) is 0 Å². The van der Waals surface area contributed by atoms with E-state index in [0.717, 1.165) is 12.5 Å². The van der Waals surface area contributed by atoms with Gasteiger partial charge in [-0.2, -0.15) is 0 Å². The second-order valence-corrected chi connectivity index (χ2v) is 3.81. The highest BCUT2D eigenvalue weighted by molar-refractivity contribution is 5.77. The molecule has 100 valence electrons. The zero-order valence-electron chi connectivity index (χ0n) is 10.0. The maximum atomic E-state index is 13.2. The van der Waals surface area contributed by atoms with Gasteiger partial charge in [-0.25, -0.2) is 13.2 Å². The molecule has 6 heteroatoms. The molecular weight excluding hydrogens is 245 g/mol. The Bertz CT molecular complexity index is 424. The highest BCUT2D eigenvalue weighted by Gasteiger charge is 2.09. The lowest BCUT2D eigenvalue weighted by molar-refractivity contribution is -0.120. The molecule has 0 aliphatic carbocycles. The summed E-state index contributed by atoms with van der Waals surface area (Å²) < 4.78 is 38.7. The lowest BCUT2D eigenvalue weighted by Gasteiger charge is -2.07. The van der Waals surface area contributed by atoms with Gasteiger partial charge in [0.15, 0.2) is 11.6 Å². The summed E-state index contributed by atoms with van der Waals surface area (Å²) in [6.45, 7) is 2.45. The van der Waals surface area contributed by atoms with Crippen molar-refractivity contribution in [3.8, 4) is 0 Å². The van der Waals surface area contributed by atoms with Crippen LogP contribution in [-0.2, 0) is 11.3 Å². The fourth-order valence-corrected chi connectivity index (χ4v) is 1.34. The largest absolute Gasteiger partial charge is 0.355 e. The first kappa shape index (κ1) is 14.5. The quantitative estimate of drug-likeness (QED) is 0.765. The number of halogens is 3. The molecule has 0 radical (unpaired) electrons. The van der Waals surface area contributed by atoms with Gasteiger partial charge in [-0.1, -0.05) is 6.92 Å². The third-order valence-corrected chi connectivity index (χ3v) is 2.26. The molecule has 1 aromatic rings. The maximum absolute atomic E-state index is 13.2. The molecule has 0 saturated heterocycles. The minimum Gasteiger partial charge on any atom is -0.355 e. The number of rotatable bonds is 6. The average molecular weight is 260 g/mol. The maximum Gasteiger partial charge on any atom is 0.233 e. The van der Waals surface area contributed by atoms with Crippen molar-refractivity contribution in [1.82, 2.24) is 10.6 Å². The number of carbonyl (C=O) groups excluding carboxylic acids is 1. The molecule has 0 atom stereocenters. The SMILES string of the molecule is CCCNC(=O)CNCc1cc(F)c(F)cc1F. The fourth-order valence-electron chi connectivity index (χ4n) is 1.34. The second-order valence-electron chi connectivity index (χ2n) is 3.81. The van der Waals surface area contributed by atoms with Crippen LogP contribution in [0.4, 0.5) is 13.2 Å². The van der Waals surface area contributed by atoms with Crippen LogP contribution in [0.2, 0.25) is 0 Å². The molecule has 0 heterocycles. The summed E-state index contributed by atoms with van der Waals surface area (Å²) in [5.41, 5.74) is -0.0165. The molecule has 1 rings (SSSR count). The van der Waals surface area contributed by atoms with Crippen LogP contribution >= 0.6 is 0 Å². The van der Waals surface area contributed by atoms with Gasteiger partial charge in [0.2, 0.25) is 5.91 Å². The van der Waals surface area contributed by atoms with Gasteiger partial charge in [0, 0.05) is 24.7 Å². The Morgan fingerprint density at radius 1 is 1.17 bits per heavy atom. The first-order valence-electron chi connectivity index (χ1n) is 5.65. The monoisotopic (exact) mass is 260 g/mol. The van der Waals surface area contributed by atoms with Crippen molar-refractivity contribution in [3.63, 3.8) is 0 Å². The summed E-state index contributed by atoms with van der Waals surface area (Å²) in [7, 11) is 0. The van der Waals surface area contributed by atoms with E-state index in [9.17, 15) is 18.0 Å². The van der Waals surface area contributed by atoms with Gasteiger partial charge in [-0.3, -0.25) is 4.79 Å². The van der Waals surface area contributed by atoms with Crippen LogP contribution in [0.15, 0.2) is 12.1 Å². The summed E-state index contributed by atoms with van der Waals surface area (Å²) in [5, 5.41) is 5.28. The Morgan fingerprint density at radius 2 is 1.83 bits per heavy atom. The predicted molar refractivity (Wildman–Crippen MR) is 61.3 cm³/mol. The molecule has 0 bridgehead atoms. The van der Waals surface area contributed by atoms with Crippen molar-refractivity contribution in [2.45, 2.75) is 19.9 Å². The molecule has 1 aromatic carbocycles. The van der Waals surface area contributed by atoms with Crippen LogP contribution in [0, 0.1) is 17.5 Å². The van der Waals surface area contributed by atoms with E-state index in [1.807, 2.05) is 6.92 Å². The highest BCUT2D eigenvalue weighted by atomic mass is 19.2. The van der Waals surface area contributed by atoms with Crippen LogP contribution < -0.4 is 10.6 Å². The summed E-state index contributed by atoms with van der Waals surface area (Å²) in [4.78, 5) is 11.2. The molecule has 0 spiro atoms. The summed E-state index contributed by atoms with van der Waals surface area (Å²) in [5.74, 6) is -3.39. The van der Waals surface area contributed by atoms with Gasteiger partial charge in [0.25, 0.3) is 0 Å². The van der Waals surface area contributed by atoms with E-state index in [0.29, 0.717) is 12.6 Å². The van der Waals surface area contributed by atoms with E-state index in [-0.39, 0.29) is 24.6 Å². The molecule has 3 nitrogen and oxygen atoms in total. The van der Waals surface area contributed by atoms with E-state index in [1.54, 1.807) is 0 Å². The summed E-state index contributed by atoms with van der Waals surface area (Å²) in [6.07, 6.45) is 0.823. The molecule has 0 aliphatic rings. The normalized spacial score (nSPS) is 10.4. The average Bonchev–Trinajstić information content (AvgIpc) is 2.33. The van der Waals surface area contributed by atoms with E-state index in [1.165, 1.54) is 0 Å². The minimum absolute atomic E-state index is 0.00155. The molecular formula is C12H15F3N2O. The number of carbonyl (C=O) groups is 1. The van der Waals surface area contributed by atoms with Crippen molar-refractivity contribution in [3.05, 3.63) is 35.1 Å². The number of nitrogens with one attached hydrogen (secondary N) is 2. The zero-order valence-corrected chi connectivity index (χ0v) is 10.0. The topological polar surface area (TPSA) is 41.1 Å². The van der Waals surface area contributed by atoms with Gasteiger partial charge in [0.1, 0.15) is 5.82 Å². The summed E-state index contributed by atoms with van der Waals surface area (Å²) >= 11 is 0. The zero-order chi connectivity index (χ0) is 13.5. The lowest BCUT2D eigenvalue weighted by atomic mass is 10.2. The van der Waals surface area contributed by atoms with Crippen molar-refractivity contribution in [2.24, 2.45) is 0 Å². The van der Waals surface area contributed by atoms with Crippen molar-refractivity contribution < 1.29 is 18.0 Å². The van der Waals surface area contributed by atoms with Gasteiger partial charge in [-0.05, 0) is 12.5 Å². The molecule has 0 aliphatic heterocycles. The minimum atomic E-state index is -1.23. The molecule has 1 amide bonds. The molecule has 2 N–H and O–H groups in total. The van der Waals surface area contributed by atoms with E-state index in [2.05, 4.69) is 10.6 Å². The van der Waals surface area contributed by atoms with Gasteiger partial charge in [0.05, 0.1) is 6.54 Å². The van der Waals surface area contributed by atoms with Gasteiger partial charge >= 0.3 is 0 Å². The van der Waals surface area contributed by atoms with E-state index >= 15 is 0 Å². The van der Waals surface area contributed by atoms with Crippen LogP contribution in [0.5, 0.6) is 0 Å². The predicted octanol–water partition coefficient (Wildman–Crippen LogP) is 1.72. The molecule has 0 aromatic heterocycles. The van der Waals surface area contributed by atoms with Gasteiger partial charge < -0.3 is 10.6 Å². The van der Waals surface area contributed by atoms with Crippen LogP contribution in [0.1, 0.15) is 18.9 Å². The number of hydrogen-bond acceptors (Lipinski definition) is 2. The highest BCUT2D eigenvalue weighted by Crippen LogP contribution is 2.13. The second kappa shape index (κ2) is 7.00. The van der Waals surface area contributed by atoms with E-state index in [4.69, 9.17) is 0 Å². The number of benzene rings is 1. The Labute approximate surface area is 103 Å². The van der Waals surface area contributed by atoms with Crippen molar-refractivity contribution in [1.29, 1.82) is 0 Å². The Hall–Kier alpha value is -1.56. The van der Waals surface area contributed by atoms with E-state index < -0.39 is 17.5 Å². The third-order valence-electron chi connectivity index (χ3n) is 2.26. The first-order chi connectivity index (χ1) is 8.54. The summed E-state index contributed by atoms with van der Waals surface area (Å²) in [6, 6.07) is 1.27. The van der Waals surface area contributed by atoms with Crippen molar-refractivity contribution >= 4 is 5.91 Å².